The Morgan fingerprint density at radius 1 is 1.53 bits per heavy atom. The van der Waals surface area contributed by atoms with Gasteiger partial charge in [0.15, 0.2) is 7.37 Å². The van der Waals surface area contributed by atoms with Crippen LogP contribution in [0.1, 0.15) is 39.0 Å². The molecule has 0 bridgehead atoms. The molecular formula is C11H21O3P. The van der Waals surface area contributed by atoms with Gasteiger partial charge >= 0.3 is 0 Å². The third-order valence-electron chi connectivity index (χ3n) is 2.93. The number of rotatable bonds is 6. The first kappa shape index (κ1) is 13.0. The van der Waals surface area contributed by atoms with E-state index in [1.54, 1.807) is 6.92 Å². The standard InChI is InChI=1S/C11H21O3P/c1-2-15(13,14)8-4-3-5-10-6-7-11(12)9-10/h6,11-12H,2-5,7-9H2,1H3,(H,13,14)/t11-/m0/s1. The number of unbranched alkanes of at least 4 members (excludes halogenated alkanes) is 1. The lowest BCUT2D eigenvalue weighted by atomic mass is 10.1. The van der Waals surface area contributed by atoms with Gasteiger partial charge in [0.05, 0.1) is 6.10 Å². The molecule has 1 aliphatic carbocycles. The van der Waals surface area contributed by atoms with Crippen molar-refractivity contribution in [2.45, 2.75) is 45.1 Å². The van der Waals surface area contributed by atoms with Gasteiger partial charge in [-0.3, -0.25) is 4.57 Å². The molecule has 0 radical (unpaired) electrons. The Balaban J connectivity index is 2.10. The number of hydrogen-bond acceptors (Lipinski definition) is 2. The third-order valence-corrected chi connectivity index (χ3v) is 4.93. The van der Waals surface area contributed by atoms with Crippen molar-refractivity contribution in [2.24, 2.45) is 0 Å². The van der Waals surface area contributed by atoms with Crippen LogP contribution in [0.2, 0.25) is 0 Å². The summed E-state index contributed by atoms with van der Waals surface area (Å²) < 4.78 is 11.3. The zero-order chi connectivity index (χ0) is 11.3. The molecule has 15 heavy (non-hydrogen) atoms. The molecule has 1 aliphatic rings. The van der Waals surface area contributed by atoms with Crippen molar-refractivity contribution in [3.8, 4) is 0 Å². The van der Waals surface area contributed by atoms with Crippen LogP contribution in [0.4, 0.5) is 0 Å². The molecule has 0 fully saturated rings. The minimum Gasteiger partial charge on any atom is -0.392 e. The Labute approximate surface area is 91.7 Å². The van der Waals surface area contributed by atoms with E-state index in [-0.39, 0.29) is 6.10 Å². The van der Waals surface area contributed by atoms with Crippen LogP contribution in [-0.2, 0) is 4.57 Å². The molecule has 1 rings (SSSR count). The van der Waals surface area contributed by atoms with Crippen LogP contribution < -0.4 is 0 Å². The van der Waals surface area contributed by atoms with Crippen LogP contribution in [0, 0.1) is 0 Å². The van der Waals surface area contributed by atoms with E-state index in [1.165, 1.54) is 5.57 Å². The van der Waals surface area contributed by atoms with E-state index in [0.717, 1.165) is 32.1 Å². The van der Waals surface area contributed by atoms with Gasteiger partial charge in [-0.05, 0) is 32.1 Å². The molecular weight excluding hydrogens is 211 g/mol. The topological polar surface area (TPSA) is 57.5 Å². The van der Waals surface area contributed by atoms with Gasteiger partial charge in [0, 0.05) is 12.3 Å². The van der Waals surface area contributed by atoms with Gasteiger partial charge < -0.3 is 10.00 Å². The highest BCUT2D eigenvalue weighted by Gasteiger charge is 2.16. The van der Waals surface area contributed by atoms with E-state index in [4.69, 9.17) is 0 Å². The Kier molecular flexibility index (Phi) is 5.04. The van der Waals surface area contributed by atoms with Crippen LogP contribution >= 0.6 is 7.37 Å². The van der Waals surface area contributed by atoms with Gasteiger partial charge in [-0.15, -0.1) is 0 Å². The van der Waals surface area contributed by atoms with E-state index in [0.29, 0.717) is 12.3 Å². The average molecular weight is 232 g/mol. The summed E-state index contributed by atoms with van der Waals surface area (Å²) in [6, 6.07) is 0. The summed E-state index contributed by atoms with van der Waals surface area (Å²) in [5.41, 5.74) is 1.31. The van der Waals surface area contributed by atoms with E-state index in [1.807, 2.05) is 0 Å². The van der Waals surface area contributed by atoms with Crippen LogP contribution in [0.15, 0.2) is 11.6 Å². The maximum absolute atomic E-state index is 11.3. The fourth-order valence-corrected chi connectivity index (χ4v) is 2.88. The zero-order valence-corrected chi connectivity index (χ0v) is 10.2. The average Bonchev–Trinajstić information content (AvgIpc) is 2.59. The number of hydrogen-bond donors (Lipinski definition) is 2. The smallest absolute Gasteiger partial charge is 0.200 e. The van der Waals surface area contributed by atoms with Crippen molar-refractivity contribution in [3.05, 3.63) is 11.6 Å². The molecule has 0 heterocycles. The first-order chi connectivity index (χ1) is 7.03. The second kappa shape index (κ2) is 5.83. The predicted octanol–water partition coefficient (Wildman–Crippen LogP) is 2.53. The maximum Gasteiger partial charge on any atom is 0.200 e. The minimum absolute atomic E-state index is 0.181. The Morgan fingerprint density at radius 2 is 2.27 bits per heavy atom. The van der Waals surface area contributed by atoms with Crippen molar-refractivity contribution in [2.75, 3.05) is 12.3 Å². The Bertz CT molecular complexity index is 273. The fourth-order valence-electron chi connectivity index (χ4n) is 1.85. The Morgan fingerprint density at radius 3 is 2.80 bits per heavy atom. The highest BCUT2D eigenvalue weighted by molar-refractivity contribution is 7.57. The lowest BCUT2D eigenvalue weighted by Gasteiger charge is -2.08. The van der Waals surface area contributed by atoms with Gasteiger partial charge in [0.25, 0.3) is 0 Å². The lowest BCUT2D eigenvalue weighted by Crippen LogP contribution is -1.98. The quantitative estimate of drug-likeness (QED) is 0.420. The fraction of sp³-hybridized carbons (Fsp3) is 0.818. The second-order valence-electron chi connectivity index (χ2n) is 4.30. The molecule has 4 heteroatoms. The SMILES string of the molecule is CCP(=O)(O)CCCCC1=CC[C@H](O)C1. The van der Waals surface area contributed by atoms with Crippen molar-refractivity contribution < 1.29 is 14.6 Å². The van der Waals surface area contributed by atoms with Gasteiger partial charge in [0.1, 0.15) is 0 Å². The largest absolute Gasteiger partial charge is 0.392 e. The van der Waals surface area contributed by atoms with Crippen LogP contribution in [0.25, 0.3) is 0 Å². The first-order valence-corrected chi connectivity index (χ1v) is 7.73. The highest BCUT2D eigenvalue weighted by atomic mass is 31.2. The summed E-state index contributed by atoms with van der Waals surface area (Å²) in [6.45, 7) is 1.76. The molecule has 2 atom stereocenters. The maximum atomic E-state index is 11.3. The van der Waals surface area contributed by atoms with Crippen molar-refractivity contribution >= 4 is 7.37 Å². The molecule has 0 aromatic heterocycles. The van der Waals surface area contributed by atoms with E-state index in [9.17, 15) is 14.6 Å². The normalized spacial score (nSPS) is 25.0. The number of aliphatic hydroxyl groups is 1. The molecule has 0 aromatic rings. The monoisotopic (exact) mass is 232 g/mol. The summed E-state index contributed by atoms with van der Waals surface area (Å²) in [6.07, 6.45) is 7.07. The lowest BCUT2D eigenvalue weighted by molar-refractivity contribution is 0.187. The summed E-state index contributed by atoms with van der Waals surface area (Å²) in [5.74, 6) is 0. The second-order valence-corrected chi connectivity index (χ2v) is 7.07. The molecule has 0 aliphatic heterocycles. The van der Waals surface area contributed by atoms with Gasteiger partial charge in [0.2, 0.25) is 0 Å². The van der Waals surface area contributed by atoms with Crippen molar-refractivity contribution in [3.63, 3.8) is 0 Å². The molecule has 0 aromatic carbocycles. The van der Waals surface area contributed by atoms with Crippen LogP contribution in [0.3, 0.4) is 0 Å². The van der Waals surface area contributed by atoms with Gasteiger partial charge in [-0.25, -0.2) is 0 Å². The summed E-state index contributed by atoms with van der Waals surface area (Å²) in [4.78, 5) is 9.36. The molecule has 0 spiro atoms. The molecule has 0 saturated carbocycles. The molecule has 2 N–H and O–H groups in total. The van der Waals surface area contributed by atoms with Crippen molar-refractivity contribution in [1.82, 2.24) is 0 Å². The molecule has 1 unspecified atom stereocenters. The predicted molar refractivity (Wildman–Crippen MR) is 62.4 cm³/mol. The van der Waals surface area contributed by atoms with E-state index < -0.39 is 7.37 Å². The Hall–Kier alpha value is -0.110. The van der Waals surface area contributed by atoms with Crippen LogP contribution in [-0.4, -0.2) is 28.4 Å². The molecule has 0 amide bonds. The molecule has 88 valence electrons. The van der Waals surface area contributed by atoms with Crippen molar-refractivity contribution in [1.29, 1.82) is 0 Å². The highest BCUT2D eigenvalue weighted by Crippen LogP contribution is 2.40. The van der Waals surface area contributed by atoms with Gasteiger partial charge in [-0.1, -0.05) is 18.6 Å². The zero-order valence-electron chi connectivity index (χ0n) is 9.35. The van der Waals surface area contributed by atoms with E-state index >= 15 is 0 Å². The minimum atomic E-state index is -2.82. The summed E-state index contributed by atoms with van der Waals surface area (Å²) in [7, 11) is -2.82. The molecule has 3 nitrogen and oxygen atoms in total. The van der Waals surface area contributed by atoms with Crippen LogP contribution in [0.5, 0.6) is 0 Å². The first-order valence-electron chi connectivity index (χ1n) is 5.70. The summed E-state index contributed by atoms with van der Waals surface area (Å²) >= 11 is 0. The summed E-state index contributed by atoms with van der Waals surface area (Å²) in [5, 5.41) is 9.29. The van der Waals surface area contributed by atoms with E-state index in [2.05, 4.69) is 6.08 Å². The molecule has 0 saturated heterocycles. The number of aliphatic hydroxyl groups excluding tert-OH is 1. The third kappa shape index (κ3) is 4.96. The van der Waals surface area contributed by atoms with Gasteiger partial charge in [-0.2, -0.15) is 0 Å².